The minimum Gasteiger partial charge on any atom is -0.339 e. The minimum absolute atomic E-state index is 0.0450. The fraction of sp³-hybridized carbons (Fsp3) is 0.462. The second-order valence-electron chi connectivity index (χ2n) is 4.57. The van der Waals surface area contributed by atoms with Gasteiger partial charge in [0.1, 0.15) is 0 Å². The number of hydrogen-bond donors (Lipinski definition) is 0. The van der Waals surface area contributed by atoms with E-state index >= 15 is 0 Å². The van der Waals surface area contributed by atoms with Gasteiger partial charge >= 0.3 is 0 Å². The SMILES string of the molecule is CCc1nc(C2CCCN2C(=O)c2ccsc2)no1. The van der Waals surface area contributed by atoms with E-state index in [9.17, 15) is 4.79 Å². The highest BCUT2D eigenvalue weighted by atomic mass is 32.1. The molecular formula is C13H15N3O2S. The molecule has 6 heteroatoms. The van der Waals surface area contributed by atoms with Gasteiger partial charge in [-0.25, -0.2) is 0 Å². The average Bonchev–Trinajstić information content (AvgIpc) is 3.16. The van der Waals surface area contributed by atoms with E-state index in [4.69, 9.17) is 4.52 Å². The number of aromatic nitrogens is 2. The van der Waals surface area contributed by atoms with Crippen LogP contribution in [0.3, 0.4) is 0 Å². The Labute approximate surface area is 115 Å². The predicted molar refractivity (Wildman–Crippen MR) is 71.0 cm³/mol. The van der Waals surface area contributed by atoms with Crippen molar-refractivity contribution in [3.63, 3.8) is 0 Å². The summed E-state index contributed by atoms with van der Waals surface area (Å²) in [4.78, 5) is 18.6. The third-order valence-electron chi connectivity index (χ3n) is 3.37. The van der Waals surface area contributed by atoms with Gasteiger partial charge in [0.05, 0.1) is 11.6 Å². The van der Waals surface area contributed by atoms with Crippen LogP contribution in [0.1, 0.15) is 47.9 Å². The van der Waals surface area contributed by atoms with Crippen molar-refractivity contribution < 1.29 is 9.32 Å². The third kappa shape index (κ3) is 2.28. The van der Waals surface area contributed by atoms with Crippen molar-refractivity contribution in [2.24, 2.45) is 0 Å². The number of carbonyl (C=O) groups is 1. The van der Waals surface area contributed by atoms with Crippen LogP contribution in [-0.4, -0.2) is 27.5 Å². The highest BCUT2D eigenvalue weighted by molar-refractivity contribution is 7.08. The van der Waals surface area contributed by atoms with Crippen LogP contribution in [0, 0.1) is 0 Å². The van der Waals surface area contributed by atoms with Gasteiger partial charge in [-0.05, 0) is 24.3 Å². The van der Waals surface area contributed by atoms with Gasteiger partial charge in [0.15, 0.2) is 5.82 Å². The number of thiophene rings is 1. The first-order valence-electron chi connectivity index (χ1n) is 6.45. The summed E-state index contributed by atoms with van der Waals surface area (Å²) < 4.78 is 5.15. The first-order valence-corrected chi connectivity index (χ1v) is 7.39. The summed E-state index contributed by atoms with van der Waals surface area (Å²) in [6, 6.07) is 1.81. The van der Waals surface area contributed by atoms with Crippen molar-refractivity contribution in [3.05, 3.63) is 34.1 Å². The zero-order chi connectivity index (χ0) is 13.2. The molecule has 1 amide bonds. The molecule has 1 fully saturated rings. The number of likely N-dealkylation sites (tertiary alicyclic amines) is 1. The Hall–Kier alpha value is -1.69. The lowest BCUT2D eigenvalue weighted by Gasteiger charge is -2.21. The Balaban J connectivity index is 1.83. The zero-order valence-corrected chi connectivity index (χ0v) is 11.5. The fourth-order valence-corrected chi connectivity index (χ4v) is 3.01. The molecule has 100 valence electrons. The summed E-state index contributed by atoms with van der Waals surface area (Å²) in [7, 11) is 0. The quantitative estimate of drug-likeness (QED) is 0.865. The molecule has 1 atom stereocenters. The molecule has 0 saturated carbocycles. The largest absolute Gasteiger partial charge is 0.339 e. The summed E-state index contributed by atoms with van der Waals surface area (Å²) in [5.41, 5.74) is 0.746. The minimum atomic E-state index is -0.0450. The van der Waals surface area contributed by atoms with Crippen LogP contribution in [-0.2, 0) is 6.42 Å². The van der Waals surface area contributed by atoms with Gasteiger partial charge in [-0.15, -0.1) is 0 Å². The summed E-state index contributed by atoms with van der Waals surface area (Å²) in [6.07, 6.45) is 2.60. The van der Waals surface area contributed by atoms with Gasteiger partial charge in [-0.2, -0.15) is 16.3 Å². The second kappa shape index (κ2) is 5.13. The molecule has 0 aliphatic carbocycles. The highest BCUT2D eigenvalue weighted by Crippen LogP contribution is 2.31. The molecule has 5 nitrogen and oxygen atoms in total. The van der Waals surface area contributed by atoms with Gasteiger partial charge in [0, 0.05) is 18.3 Å². The van der Waals surface area contributed by atoms with Crippen molar-refractivity contribution >= 4 is 17.2 Å². The fourth-order valence-electron chi connectivity index (χ4n) is 2.38. The van der Waals surface area contributed by atoms with Crippen molar-refractivity contribution in [2.45, 2.75) is 32.2 Å². The lowest BCUT2D eigenvalue weighted by Crippen LogP contribution is -2.30. The van der Waals surface area contributed by atoms with Gasteiger partial charge < -0.3 is 9.42 Å². The van der Waals surface area contributed by atoms with Crippen molar-refractivity contribution in [2.75, 3.05) is 6.54 Å². The van der Waals surface area contributed by atoms with Crippen LogP contribution in [0.4, 0.5) is 0 Å². The van der Waals surface area contributed by atoms with Gasteiger partial charge in [0.25, 0.3) is 5.91 Å². The zero-order valence-electron chi connectivity index (χ0n) is 10.7. The number of nitrogens with zero attached hydrogens (tertiary/aromatic N) is 3. The Kier molecular flexibility index (Phi) is 3.33. The van der Waals surface area contributed by atoms with E-state index in [1.165, 1.54) is 11.3 Å². The Bertz CT molecular complexity index is 564. The van der Waals surface area contributed by atoms with E-state index in [0.717, 1.165) is 31.4 Å². The summed E-state index contributed by atoms with van der Waals surface area (Å²) in [5.74, 6) is 1.33. The maximum atomic E-state index is 12.4. The average molecular weight is 277 g/mol. The summed E-state index contributed by atoms with van der Waals surface area (Å²) >= 11 is 1.53. The molecule has 3 rings (SSSR count). The molecule has 3 heterocycles. The lowest BCUT2D eigenvalue weighted by atomic mass is 10.2. The molecule has 1 saturated heterocycles. The van der Waals surface area contributed by atoms with E-state index < -0.39 is 0 Å². The second-order valence-corrected chi connectivity index (χ2v) is 5.35. The molecule has 1 aliphatic rings. The summed E-state index contributed by atoms with van der Waals surface area (Å²) in [6.45, 7) is 2.73. The van der Waals surface area contributed by atoms with Crippen LogP contribution in [0.15, 0.2) is 21.3 Å². The van der Waals surface area contributed by atoms with Crippen molar-refractivity contribution in [3.8, 4) is 0 Å². The number of hydrogen-bond acceptors (Lipinski definition) is 5. The highest BCUT2D eigenvalue weighted by Gasteiger charge is 2.33. The Morgan fingerprint density at radius 3 is 3.21 bits per heavy atom. The van der Waals surface area contributed by atoms with E-state index in [1.54, 1.807) is 0 Å². The number of aryl methyl sites for hydroxylation is 1. The maximum Gasteiger partial charge on any atom is 0.255 e. The molecule has 0 N–H and O–H groups in total. The first-order chi connectivity index (χ1) is 9.29. The van der Waals surface area contributed by atoms with Gasteiger partial charge in [-0.3, -0.25) is 4.79 Å². The van der Waals surface area contributed by atoms with Crippen LogP contribution in [0.25, 0.3) is 0 Å². The molecule has 0 spiro atoms. The molecule has 2 aromatic rings. The van der Waals surface area contributed by atoms with Crippen molar-refractivity contribution in [1.82, 2.24) is 15.0 Å². The summed E-state index contributed by atoms with van der Waals surface area (Å²) in [5, 5.41) is 7.80. The number of amides is 1. The molecule has 0 aromatic carbocycles. The normalized spacial score (nSPS) is 19.0. The Morgan fingerprint density at radius 2 is 2.53 bits per heavy atom. The monoisotopic (exact) mass is 277 g/mol. The topological polar surface area (TPSA) is 59.2 Å². The van der Waals surface area contributed by atoms with Crippen LogP contribution in [0.5, 0.6) is 0 Å². The standard InChI is InChI=1S/C13H15N3O2S/c1-2-11-14-12(15-18-11)10-4-3-6-16(10)13(17)9-5-7-19-8-9/h5,7-8,10H,2-4,6H2,1H3. The molecule has 1 unspecified atom stereocenters. The molecular weight excluding hydrogens is 262 g/mol. The van der Waals surface area contributed by atoms with E-state index in [-0.39, 0.29) is 11.9 Å². The first kappa shape index (κ1) is 12.3. The molecule has 0 bridgehead atoms. The van der Waals surface area contributed by atoms with Gasteiger partial charge in [0.2, 0.25) is 5.89 Å². The Morgan fingerprint density at radius 1 is 1.63 bits per heavy atom. The molecule has 0 radical (unpaired) electrons. The van der Waals surface area contributed by atoms with Crippen LogP contribution >= 0.6 is 11.3 Å². The van der Waals surface area contributed by atoms with E-state index in [2.05, 4.69) is 10.1 Å². The number of rotatable bonds is 3. The van der Waals surface area contributed by atoms with Crippen LogP contribution < -0.4 is 0 Å². The van der Waals surface area contributed by atoms with Gasteiger partial charge in [-0.1, -0.05) is 12.1 Å². The predicted octanol–water partition coefficient (Wildman–Crippen LogP) is 2.67. The molecule has 19 heavy (non-hydrogen) atoms. The lowest BCUT2D eigenvalue weighted by molar-refractivity contribution is 0.0729. The number of carbonyl (C=O) groups excluding carboxylic acids is 1. The maximum absolute atomic E-state index is 12.4. The van der Waals surface area contributed by atoms with E-state index in [0.29, 0.717) is 11.7 Å². The smallest absolute Gasteiger partial charge is 0.255 e. The molecule has 1 aliphatic heterocycles. The third-order valence-corrected chi connectivity index (χ3v) is 4.05. The molecule has 2 aromatic heterocycles. The van der Waals surface area contributed by atoms with Crippen molar-refractivity contribution in [1.29, 1.82) is 0 Å². The van der Waals surface area contributed by atoms with E-state index in [1.807, 2.05) is 28.7 Å². The van der Waals surface area contributed by atoms with Crippen LogP contribution in [0.2, 0.25) is 0 Å².